The zero-order valence-corrected chi connectivity index (χ0v) is 15.0. The third-order valence-corrected chi connectivity index (χ3v) is 6.04. The summed E-state index contributed by atoms with van der Waals surface area (Å²) in [6.07, 6.45) is 6.08. The highest BCUT2D eigenvalue weighted by atomic mass is 19.1. The van der Waals surface area contributed by atoms with E-state index in [-0.39, 0.29) is 11.9 Å². The maximum atomic E-state index is 13.4. The second-order valence-electron chi connectivity index (χ2n) is 7.88. The van der Waals surface area contributed by atoms with Gasteiger partial charge in [0.15, 0.2) is 5.82 Å². The van der Waals surface area contributed by atoms with Crippen LogP contribution < -0.4 is 0 Å². The van der Waals surface area contributed by atoms with E-state index in [2.05, 4.69) is 15.3 Å². The van der Waals surface area contributed by atoms with Crippen molar-refractivity contribution in [3.8, 4) is 5.82 Å². The highest BCUT2D eigenvalue weighted by Gasteiger charge is 2.46. The Labute approximate surface area is 156 Å². The lowest BCUT2D eigenvalue weighted by molar-refractivity contribution is -0.141. The number of fused-ring (bicyclic) bond motifs is 1. The Bertz CT molecular complexity index is 846. The zero-order valence-electron chi connectivity index (χ0n) is 15.0. The van der Waals surface area contributed by atoms with Crippen LogP contribution in [0.4, 0.5) is 4.39 Å². The summed E-state index contributed by atoms with van der Waals surface area (Å²) >= 11 is 0. The van der Waals surface area contributed by atoms with Crippen molar-refractivity contribution < 1.29 is 13.9 Å². The Morgan fingerprint density at radius 2 is 2.11 bits per heavy atom. The van der Waals surface area contributed by atoms with E-state index < -0.39 is 5.95 Å². The summed E-state index contributed by atoms with van der Waals surface area (Å²) in [6.45, 7) is 1.50. The van der Waals surface area contributed by atoms with Gasteiger partial charge in [0.05, 0.1) is 19.4 Å². The topological polar surface area (TPSA) is 73.1 Å². The van der Waals surface area contributed by atoms with Gasteiger partial charge in [-0.2, -0.15) is 4.39 Å². The third-order valence-electron chi connectivity index (χ3n) is 6.04. The number of halogens is 1. The molecule has 5 rings (SSSR count). The van der Waals surface area contributed by atoms with E-state index in [1.54, 1.807) is 18.3 Å². The van der Waals surface area contributed by atoms with Gasteiger partial charge in [-0.05, 0) is 49.1 Å². The summed E-state index contributed by atoms with van der Waals surface area (Å²) in [5.74, 6) is 2.24. The van der Waals surface area contributed by atoms with Crippen molar-refractivity contribution in [2.24, 2.45) is 17.8 Å². The van der Waals surface area contributed by atoms with Gasteiger partial charge in [0.2, 0.25) is 11.9 Å². The average molecular weight is 371 g/mol. The highest BCUT2D eigenvalue weighted by Crippen LogP contribution is 2.55. The second kappa shape index (κ2) is 6.67. The molecule has 0 radical (unpaired) electrons. The number of hydrogen-bond donors (Lipinski definition) is 0. The summed E-state index contributed by atoms with van der Waals surface area (Å²) < 4.78 is 20.4. The van der Waals surface area contributed by atoms with Crippen molar-refractivity contribution in [1.29, 1.82) is 0 Å². The molecule has 2 aromatic rings. The van der Waals surface area contributed by atoms with Gasteiger partial charge >= 0.3 is 0 Å². The van der Waals surface area contributed by atoms with Gasteiger partial charge < -0.3 is 9.64 Å². The molecule has 2 saturated carbocycles. The first-order chi connectivity index (χ1) is 13.2. The van der Waals surface area contributed by atoms with Crippen LogP contribution in [0.5, 0.6) is 0 Å². The first-order valence-corrected chi connectivity index (χ1v) is 9.60. The minimum absolute atomic E-state index is 0.174. The first kappa shape index (κ1) is 16.8. The number of carbonyl (C=O) groups excluding carboxylic acids is 1. The largest absolute Gasteiger partial charge is 0.377 e. The number of rotatable bonds is 4. The normalized spacial score (nSPS) is 29.6. The quantitative estimate of drug-likeness (QED) is 0.770. The summed E-state index contributed by atoms with van der Waals surface area (Å²) in [5, 5.41) is 8.27. The number of amides is 1. The third kappa shape index (κ3) is 3.34. The summed E-state index contributed by atoms with van der Waals surface area (Å²) in [4.78, 5) is 18.6. The van der Waals surface area contributed by atoms with Gasteiger partial charge in [-0.15, -0.1) is 5.10 Å². The predicted octanol–water partition coefficient (Wildman–Crippen LogP) is 2.14. The minimum Gasteiger partial charge on any atom is -0.377 e. The molecule has 27 heavy (non-hydrogen) atoms. The van der Waals surface area contributed by atoms with Crippen LogP contribution in [0, 0.1) is 23.7 Å². The fraction of sp³-hybridized carbons (Fsp3) is 0.579. The van der Waals surface area contributed by atoms with Crippen LogP contribution in [-0.2, 0) is 9.53 Å². The Morgan fingerprint density at radius 3 is 2.93 bits per heavy atom. The molecule has 2 aromatic heterocycles. The van der Waals surface area contributed by atoms with E-state index in [1.165, 1.54) is 30.0 Å². The molecule has 2 aliphatic carbocycles. The smallest absolute Gasteiger partial charge is 0.223 e. The number of carbonyl (C=O) groups is 1. The maximum Gasteiger partial charge on any atom is 0.223 e. The van der Waals surface area contributed by atoms with E-state index in [9.17, 15) is 9.18 Å². The van der Waals surface area contributed by atoms with Crippen molar-refractivity contribution in [2.75, 3.05) is 19.8 Å². The molecule has 0 spiro atoms. The number of hydrogen-bond acceptors (Lipinski definition) is 5. The monoisotopic (exact) mass is 371 g/mol. The summed E-state index contributed by atoms with van der Waals surface area (Å²) in [5.41, 5.74) is 0.642. The Morgan fingerprint density at radius 1 is 1.26 bits per heavy atom. The van der Waals surface area contributed by atoms with Crippen molar-refractivity contribution in [3.63, 3.8) is 0 Å². The van der Waals surface area contributed by atoms with Crippen LogP contribution in [-0.4, -0.2) is 50.5 Å². The van der Waals surface area contributed by atoms with Gasteiger partial charge in [0.25, 0.3) is 0 Å². The van der Waals surface area contributed by atoms with E-state index >= 15 is 0 Å². The molecule has 8 heteroatoms. The van der Waals surface area contributed by atoms with Gasteiger partial charge in [0, 0.05) is 13.0 Å². The van der Waals surface area contributed by atoms with E-state index in [0.29, 0.717) is 43.6 Å². The standard InChI is InChI=1S/C19H22FN5O2/c20-17-2-1-3-18(21-17)25-10-15(22-23-25)16-11-27-5-4-24(16)19(26)8-12-6-13-9-14(13)7-12/h1-3,10,12-14,16H,4-9,11H2. The van der Waals surface area contributed by atoms with Crippen LogP contribution >= 0.6 is 0 Å². The van der Waals surface area contributed by atoms with E-state index in [4.69, 9.17) is 4.74 Å². The van der Waals surface area contributed by atoms with Gasteiger partial charge in [-0.1, -0.05) is 11.3 Å². The molecule has 1 aliphatic heterocycles. The molecule has 142 valence electrons. The molecule has 0 N–H and O–H groups in total. The molecule has 1 amide bonds. The molecule has 3 atom stereocenters. The Kier molecular flexibility index (Phi) is 4.15. The van der Waals surface area contributed by atoms with Crippen LogP contribution in [0.1, 0.15) is 37.4 Å². The highest BCUT2D eigenvalue weighted by molar-refractivity contribution is 5.77. The molecule has 1 saturated heterocycles. The lowest BCUT2D eigenvalue weighted by Gasteiger charge is -2.35. The van der Waals surface area contributed by atoms with Gasteiger partial charge in [-0.3, -0.25) is 4.79 Å². The van der Waals surface area contributed by atoms with Crippen LogP contribution in [0.15, 0.2) is 24.4 Å². The number of aromatic nitrogens is 4. The lowest BCUT2D eigenvalue weighted by atomic mass is 9.98. The van der Waals surface area contributed by atoms with Gasteiger partial charge in [0.1, 0.15) is 11.7 Å². The number of morpholine rings is 1. The van der Waals surface area contributed by atoms with Gasteiger partial charge in [-0.25, -0.2) is 9.67 Å². The molecule has 7 nitrogen and oxygen atoms in total. The van der Waals surface area contributed by atoms with Crippen LogP contribution in [0.25, 0.3) is 5.82 Å². The molecule has 3 aliphatic rings. The van der Waals surface area contributed by atoms with Crippen molar-refractivity contribution >= 4 is 5.91 Å². The van der Waals surface area contributed by atoms with E-state index in [0.717, 1.165) is 11.8 Å². The summed E-state index contributed by atoms with van der Waals surface area (Å²) in [7, 11) is 0. The lowest BCUT2D eigenvalue weighted by Crippen LogP contribution is -2.44. The Balaban J connectivity index is 1.32. The second-order valence-corrected chi connectivity index (χ2v) is 7.88. The van der Waals surface area contributed by atoms with Crippen LogP contribution in [0.2, 0.25) is 0 Å². The zero-order chi connectivity index (χ0) is 18.4. The number of nitrogens with zero attached hydrogens (tertiary/aromatic N) is 5. The first-order valence-electron chi connectivity index (χ1n) is 9.60. The average Bonchev–Trinajstić information content (AvgIpc) is 3.08. The predicted molar refractivity (Wildman–Crippen MR) is 93.3 cm³/mol. The minimum atomic E-state index is -0.572. The van der Waals surface area contributed by atoms with Crippen molar-refractivity contribution in [2.45, 2.75) is 31.7 Å². The van der Waals surface area contributed by atoms with E-state index in [1.807, 2.05) is 4.90 Å². The molecule has 3 heterocycles. The fourth-order valence-electron chi connectivity index (χ4n) is 4.58. The molecule has 3 unspecified atom stereocenters. The van der Waals surface area contributed by atoms with Crippen molar-refractivity contribution in [3.05, 3.63) is 36.0 Å². The SMILES string of the molecule is O=C(CC1CC2CC2C1)N1CCOCC1c1cn(-c2cccc(F)n2)nn1. The molecule has 0 bridgehead atoms. The van der Waals surface area contributed by atoms with Crippen LogP contribution in [0.3, 0.4) is 0 Å². The molecule has 0 aromatic carbocycles. The maximum absolute atomic E-state index is 13.4. The molecular weight excluding hydrogens is 349 g/mol. The van der Waals surface area contributed by atoms with Crippen molar-refractivity contribution in [1.82, 2.24) is 24.9 Å². The fourth-order valence-corrected chi connectivity index (χ4v) is 4.58. The number of ether oxygens (including phenoxy) is 1. The molecule has 3 fully saturated rings. The Hall–Kier alpha value is -2.35. The summed E-state index contributed by atoms with van der Waals surface area (Å²) in [6, 6.07) is 4.26. The number of pyridine rings is 1. The molecular formula is C19H22FN5O2.